The summed E-state index contributed by atoms with van der Waals surface area (Å²) in [6, 6.07) is -0.833. The summed E-state index contributed by atoms with van der Waals surface area (Å²) in [5.74, 6) is -0.923. The van der Waals surface area contributed by atoms with Crippen LogP contribution in [0.1, 0.15) is 40.0 Å². The van der Waals surface area contributed by atoms with Gasteiger partial charge in [-0.1, -0.05) is 13.8 Å². The molecule has 0 aromatic carbocycles. The van der Waals surface area contributed by atoms with E-state index in [-0.39, 0.29) is 18.0 Å². The Morgan fingerprint density at radius 2 is 2.14 bits per heavy atom. The molecule has 0 aromatic rings. The van der Waals surface area contributed by atoms with Gasteiger partial charge >= 0.3 is 12.0 Å². The first-order valence-corrected chi connectivity index (χ1v) is 7.73. The third kappa shape index (κ3) is 4.33. The second kappa shape index (κ2) is 8.22. The SMILES string of the molecule is CCC(C)N(CCOC)C(=O)N1CCCC(C)C1C(=O)O. The van der Waals surface area contributed by atoms with Gasteiger partial charge in [-0.3, -0.25) is 0 Å². The van der Waals surface area contributed by atoms with Gasteiger partial charge in [0.05, 0.1) is 6.61 Å². The van der Waals surface area contributed by atoms with Gasteiger partial charge in [-0.15, -0.1) is 0 Å². The van der Waals surface area contributed by atoms with Crippen molar-refractivity contribution in [3.05, 3.63) is 0 Å². The quantitative estimate of drug-likeness (QED) is 0.815. The molecule has 1 rings (SSSR count). The van der Waals surface area contributed by atoms with Gasteiger partial charge in [0.1, 0.15) is 6.04 Å². The molecule has 6 nitrogen and oxygen atoms in total. The van der Waals surface area contributed by atoms with Crippen LogP contribution in [0.5, 0.6) is 0 Å². The van der Waals surface area contributed by atoms with E-state index < -0.39 is 12.0 Å². The molecule has 0 aliphatic carbocycles. The summed E-state index contributed by atoms with van der Waals surface area (Å²) >= 11 is 0. The van der Waals surface area contributed by atoms with E-state index in [1.807, 2.05) is 20.8 Å². The van der Waals surface area contributed by atoms with Crippen molar-refractivity contribution in [2.24, 2.45) is 5.92 Å². The van der Waals surface area contributed by atoms with Crippen LogP contribution in [0.2, 0.25) is 0 Å². The minimum Gasteiger partial charge on any atom is -0.480 e. The van der Waals surface area contributed by atoms with E-state index in [0.717, 1.165) is 19.3 Å². The van der Waals surface area contributed by atoms with E-state index in [0.29, 0.717) is 19.7 Å². The first-order chi connectivity index (χ1) is 9.93. The highest BCUT2D eigenvalue weighted by molar-refractivity contribution is 5.83. The molecule has 1 fully saturated rings. The van der Waals surface area contributed by atoms with Gasteiger partial charge in [0.25, 0.3) is 0 Å². The number of piperidine rings is 1. The van der Waals surface area contributed by atoms with Crippen molar-refractivity contribution in [1.82, 2.24) is 9.80 Å². The molecule has 1 aliphatic rings. The fourth-order valence-electron chi connectivity index (χ4n) is 2.86. The third-order valence-corrected chi connectivity index (χ3v) is 4.34. The van der Waals surface area contributed by atoms with Crippen LogP contribution >= 0.6 is 0 Å². The molecule has 1 heterocycles. The molecule has 0 aromatic heterocycles. The van der Waals surface area contributed by atoms with Crippen LogP contribution in [0, 0.1) is 5.92 Å². The first-order valence-electron chi connectivity index (χ1n) is 7.73. The Morgan fingerprint density at radius 1 is 1.48 bits per heavy atom. The molecule has 0 radical (unpaired) electrons. The lowest BCUT2D eigenvalue weighted by Crippen LogP contribution is -2.57. The van der Waals surface area contributed by atoms with Crippen molar-refractivity contribution in [3.8, 4) is 0 Å². The van der Waals surface area contributed by atoms with Crippen LogP contribution in [0.3, 0.4) is 0 Å². The highest BCUT2D eigenvalue weighted by Crippen LogP contribution is 2.25. The van der Waals surface area contributed by atoms with Gasteiger partial charge in [-0.25, -0.2) is 9.59 Å². The Morgan fingerprint density at radius 3 is 2.67 bits per heavy atom. The number of rotatable bonds is 6. The predicted molar refractivity (Wildman–Crippen MR) is 80.3 cm³/mol. The number of carbonyl (C=O) groups is 2. The number of nitrogens with zero attached hydrogens (tertiary/aromatic N) is 2. The number of carboxylic acids is 1. The molecule has 0 bridgehead atoms. The van der Waals surface area contributed by atoms with E-state index in [1.54, 1.807) is 12.0 Å². The van der Waals surface area contributed by atoms with E-state index >= 15 is 0 Å². The van der Waals surface area contributed by atoms with Crippen LogP contribution in [-0.2, 0) is 9.53 Å². The van der Waals surface area contributed by atoms with Crippen molar-refractivity contribution in [2.45, 2.75) is 52.1 Å². The van der Waals surface area contributed by atoms with Crippen LogP contribution in [0.25, 0.3) is 0 Å². The zero-order chi connectivity index (χ0) is 16.0. The average molecular weight is 300 g/mol. The second-order valence-electron chi connectivity index (χ2n) is 5.82. The summed E-state index contributed by atoms with van der Waals surface area (Å²) in [5.41, 5.74) is 0. The second-order valence-corrected chi connectivity index (χ2v) is 5.82. The topological polar surface area (TPSA) is 70.1 Å². The molecule has 2 amide bonds. The molecule has 0 saturated carbocycles. The lowest BCUT2D eigenvalue weighted by molar-refractivity contribution is -0.145. The summed E-state index contributed by atoms with van der Waals surface area (Å²) in [4.78, 5) is 27.6. The van der Waals surface area contributed by atoms with E-state index in [2.05, 4.69) is 0 Å². The summed E-state index contributed by atoms with van der Waals surface area (Å²) in [5, 5.41) is 9.44. The van der Waals surface area contributed by atoms with Crippen LogP contribution in [0.4, 0.5) is 4.79 Å². The zero-order valence-electron chi connectivity index (χ0n) is 13.5. The number of amides is 2. The van der Waals surface area contributed by atoms with Gasteiger partial charge < -0.3 is 19.6 Å². The van der Waals surface area contributed by atoms with E-state index in [9.17, 15) is 14.7 Å². The minimum absolute atomic E-state index is 0.0126. The molecule has 1 saturated heterocycles. The molecule has 3 atom stereocenters. The Kier molecular flexibility index (Phi) is 6.95. The van der Waals surface area contributed by atoms with Crippen molar-refractivity contribution in [3.63, 3.8) is 0 Å². The fourth-order valence-corrected chi connectivity index (χ4v) is 2.86. The number of urea groups is 1. The monoisotopic (exact) mass is 300 g/mol. The maximum Gasteiger partial charge on any atom is 0.326 e. The molecule has 21 heavy (non-hydrogen) atoms. The number of carbonyl (C=O) groups excluding carboxylic acids is 1. The lowest BCUT2D eigenvalue weighted by atomic mass is 9.91. The molecule has 1 N–H and O–H groups in total. The molecule has 122 valence electrons. The maximum absolute atomic E-state index is 12.8. The summed E-state index contributed by atoms with van der Waals surface area (Å²) in [6.07, 6.45) is 2.54. The Bertz CT molecular complexity index is 362. The number of hydrogen-bond acceptors (Lipinski definition) is 3. The van der Waals surface area contributed by atoms with Crippen molar-refractivity contribution >= 4 is 12.0 Å². The van der Waals surface area contributed by atoms with E-state index in [1.165, 1.54) is 4.90 Å². The lowest BCUT2D eigenvalue weighted by Gasteiger charge is -2.41. The van der Waals surface area contributed by atoms with Gasteiger partial charge in [0.2, 0.25) is 0 Å². The Hall–Kier alpha value is -1.30. The molecule has 1 aliphatic heterocycles. The fraction of sp³-hybridized carbons (Fsp3) is 0.867. The average Bonchev–Trinajstić information content (AvgIpc) is 2.46. The van der Waals surface area contributed by atoms with Crippen LogP contribution in [-0.4, -0.2) is 65.8 Å². The molecule has 3 unspecified atom stereocenters. The number of methoxy groups -OCH3 is 1. The normalized spacial score (nSPS) is 23.7. The third-order valence-electron chi connectivity index (χ3n) is 4.34. The molecular weight excluding hydrogens is 272 g/mol. The summed E-state index contributed by atoms with van der Waals surface area (Å²) in [7, 11) is 1.60. The number of hydrogen-bond donors (Lipinski definition) is 1. The minimum atomic E-state index is -0.911. The highest BCUT2D eigenvalue weighted by atomic mass is 16.5. The highest BCUT2D eigenvalue weighted by Gasteiger charge is 2.39. The van der Waals surface area contributed by atoms with Gasteiger partial charge in [-0.2, -0.15) is 0 Å². The number of carboxylic acid groups (broad SMARTS) is 1. The van der Waals surface area contributed by atoms with Crippen molar-refractivity contribution in [2.75, 3.05) is 26.8 Å². The largest absolute Gasteiger partial charge is 0.480 e. The Balaban J connectivity index is 2.91. The van der Waals surface area contributed by atoms with Gasteiger partial charge in [0.15, 0.2) is 0 Å². The first kappa shape index (κ1) is 17.8. The number of ether oxygens (including phenoxy) is 1. The zero-order valence-corrected chi connectivity index (χ0v) is 13.5. The van der Waals surface area contributed by atoms with Gasteiger partial charge in [0, 0.05) is 26.2 Å². The molecule has 6 heteroatoms. The van der Waals surface area contributed by atoms with Crippen LogP contribution in [0.15, 0.2) is 0 Å². The predicted octanol–water partition coefficient (Wildman–Crippen LogP) is 2.04. The summed E-state index contributed by atoms with van der Waals surface area (Å²) < 4.78 is 5.07. The smallest absolute Gasteiger partial charge is 0.326 e. The van der Waals surface area contributed by atoms with Crippen LogP contribution < -0.4 is 0 Å². The summed E-state index contributed by atoms with van der Waals surface area (Å²) in [6.45, 7) is 7.36. The van der Waals surface area contributed by atoms with Gasteiger partial charge in [-0.05, 0) is 32.1 Å². The standard InChI is InChI=1S/C15H28N2O4/c1-5-12(3)16(9-10-21-4)15(20)17-8-6-7-11(2)13(17)14(18)19/h11-13H,5-10H2,1-4H3,(H,18,19). The number of aliphatic carboxylic acids is 1. The number of likely N-dealkylation sites (tertiary alicyclic amines) is 1. The molecule has 0 spiro atoms. The maximum atomic E-state index is 12.8. The Labute approximate surface area is 127 Å². The van der Waals surface area contributed by atoms with E-state index in [4.69, 9.17) is 4.74 Å². The van der Waals surface area contributed by atoms with Crippen molar-refractivity contribution < 1.29 is 19.4 Å². The molecular formula is C15H28N2O4. The van der Waals surface area contributed by atoms with Crippen molar-refractivity contribution in [1.29, 1.82) is 0 Å².